The number of fused-ring (bicyclic) bond motifs is 1. The van der Waals surface area contributed by atoms with Gasteiger partial charge in [-0.1, -0.05) is 23.4 Å². The smallest absolute Gasteiger partial charge is 0.418 e. The van der Waals surface area contributed by atoms with Gasteiger partial charge in [-0.05, 0) is 45.0 Å². The number of hydrogen-bond acceptors (Lipinski definition) is 3. The predicted molar refractivity (Wildman–Crippen MR) is 104 cm³/mol. The molecule has 0 aliphatic rings. The number of benzene rings is 2. The molecule has 2 aromatic heterocycles. The minimum absolute atomic E-state index is 0.0686. The van der Waals surface area contributed by atoms with E-state index in [1.54, 1.807) is 23.6 Å². The standard InChI is InChI=1S/C21H19F3N4O/c1-12(2)27-11-15-10-14(8-9-16(15)20(27)29)19-13(3)28(26-25-19)18-7-5-4-6-17(18)21(22,23)24/h4-12,29H,1-3H3. The van der Waals surface area contributed by atoms with E-state index >= 15 is 0 Å². The molecule has 0 unspecified atom stereocenters. The zero-order valence-electron chi connectivity index (χ0n) is 16.1. The molecule has 0 amide bonds. The van der Waals surface area contributed by atoms with Crippen LogP contribution in [0, 0.1) is 6.92 Å². The molecule has 1 N–H and O–H groups in total. The lowest BCUT2D eigenvalue weighted by molar-refractivity contribution is -0.137. The molecule has 0 bridgehead atoms. The van der Waals surface area contributed by atoms with E-state index in [-0.39, 0.29) is 17.6 Å². The van der Waals surface area contributed by atoms with Gasteiger partial charge in [0.15, 0.2) is 5.88 Å². The van der Waals surface area contributed by atoms with Crippen LogP contribution in [0.3, 0.4) is 0 Å². The van der Waals surface area contributed by atoms with Crippen molar-refractivity contribution in [3.05, 3.63) is 59.9 Å². The summed E-state index contributed by atoms with van der Waals surface area (Å²) in [4.78, 5) is 0. The van der Waals surface area contributed by atoms with E-state index in [0.717, 1.165) is 11.5 Å². The van der Waals surface area contributed by atoms with E-state index in [1.165, 1.54) is 22.9 Å². The molecule has 5 nitrogen and oxygen atoms in total. The minimum Gasteiger partial charge on any atom is -0.494 e. The lowest BCUT2D eigenvalue weighted by atomic mass is 10.1. The lowest BCUT2D eigenvalue weighted by Gasteiger charge is -2.13. The molecule has 2 heterocycles. The molecule has 8 heteroatoms. The maximum Gasteiger partial charge on any atom is 0.418 e. The maximum atomic E-state index is 13.4. The number of hydrogen-bond donors (Lipinski definition) is 1. The van der Waals surface area contributed by atoms with Crippen molar-refractivity contribution < 1.29 is 18.3 Å². The van der Waals surface area contributed by atoms with Crippen LogP contribution in [0.5, 0.6) is 5.88 Å². The highest BCUT2D eigenvalue weighted by Crippen LogP contribution is 2.36. The summed E-state index contributed by atoms with van der Waals surface area (Å²) in [6.45, 7) is 5.62. The van der Waals surface area contributed by atoms with Crippen LogP contribution in [-0.2, 0) is 6.18 Å². The highest BCUT2D eigenvalue weighted by atomic mass is 19.4. The van der Waals surface area contributed by atoms with Crippen LogP contribution in [0.4, 0.5) is 13.2 Å². The van der Waals surface area contributed by atoms with Crippen molar-refractivity contribution in [3.8, 4) is 22.8 Å². The van der Waals surface area contributed by atoms with Crippen LogP contribution in [0.1, 0.15) is 31.1 Å². The fourth-order valence-corrected chi connectivity index (χ4v) is 3.49. The van der Waals surface area contributed by atoms with Crippen LogP contribution in [-0.4, -0.2) is 24.7 Å². The Morgan fingerprint density at radius 1 is 1.07 bits per heavy atom. The van der Waals surface area contributed by atoms with Crippen LogP contribution >= 0.6 is 0 Å². The fraction of sp³-hybridized carbons (Fsp3) is 0.238. The number of alkyl halides is 3. The number of nitrogens with zero attached hydrogens (tertiary/aromatic N) is 4. The van der Waals surface area contributed by atoms with Gasteiger partial charge in [0.25, 0.3) is 0 Å². The fourth-order valence-electron chi connectivity index (χ4n) is 3.49. The van der Waals surface area contributed by atoms with E-state index in [0.29, 0.717) is 22.3 Å². The third-order valence-electron chi connectivity index (χ3n) is 4.98. The van der Waals surface area contributed by atoms with Crippen LogP contribution in [0.15, 0.2) is 48.7 Å². The SMILES string of the molecule is Cc1c(-c2ccc3c(O)n(C(C)C)cc3c2)nnn1-c1ccccc1C(F)(F)F. The number of para-hydroxylation sites is 1. The van der Waals surface area contributed by atoms with Crippen molar-refractivity contribution in [1.82, 2.24) is 19.6 Å². The molecule has 0 spiro atoms. The highest BCUT2D eigenvalue weighted by molar-refractivity contribution is 5.91. The number of halogens is 3. The molecule has 2 aromatic carbocycles. The second-order valence-corrected chi connectivity index (χ2v) is 7.21. The summed E-state index contributed by atoms with van der Waals surface area (Å²) >= 11 is 0. The second-order valence-electron chi connectivity index (χ2n) is 7.21. The Bertz CT molecular complexity index is 1200. The normalized spacial score (nSPS) is 12.2. The minimum atomic E-state index is -4.49. The summed E-state index contributed by atoms with van der Waals surface area (Å²) in [6.07, 6.45) is -2.65. The Balaban J connectivity index is 1.83. The first-order chi connectivity index (χ1) is 13.7. The molecule has 0 atom stereocenters. The molecule has 29 heavy (non-hydrogen) atoms. The first-order valence-corrected chi connectivity index (χ1v) is 9.11. The van der Waals surface area contributed by atoms with Gasteiger partial charge in [0, 0.05) is 28.6 Å². The quantitative estimate of drug-likeness (QED) is 0.494. The van der Waals surface area contributed by atoms with Crippen molar-refractivity contribution in [2.75, 3.05) is 0 Å². The van der Waals surface area contributed by atoms with Gasteiger partial charge in [-0.3, -0.25) is 0 Å². The Morgan fingerprint density at radius 2 is 1.79 bits per heavy atom. The maximum absolute atomic E-state index is 13.4. The van der Waals surface area contributed by atoms with Gasteiger partial charge >= 0.3 is 6.18 Å². The summed E-state index contributed by atoms with van der Waals surface area (Å²) in [6, 6.07) is 10.8. The monoisotopic (exact) mass is 400 g/mol. The van der Waals surface area contributed by atoms with E-state index in [2.05, 4.69) is 10.3 Å². The zero-order chi connectivity index (χ0) is 20.9. The molecule has 0 aliphatic heterocycles. The van der Waals surface area contributed by atoms with E-state index in [4.69, 9.17) is 0 Å². The van der Waals surface area contributed by atoms with Gasteiger partial charge in [-0.2, -0.15) is 13.2 Å². The summed E-state index contributed by atoms with van der Waals surface area (Å²) in [7, 11) is 0. The summed E-state index contributed by atoms with van der Waals surface area (Å²) in [5.74, 6) is 0.182. The summed E-state index contributed by atoms with van der Waals surface area (Å²) in [5.41, 5.74) is 0.857. The average Bonchev–Trinajstić information content (AvgIpc) is 3.21. The first kappa shape index (κ1) is 19.0. The van der Waals surface area contributed by atoms with Crippen LogP contribution < -0.4 is 0 Å². The molecule has 4 rings (SSSR count). The van der Waals surface area contributed by atoms with E-state index in [1.807, 2.05) is 26.1 Å². The molecule has 4 aromatic rings. The summed E-state index contributed by atoms with van der Waals surface area (Å²) < 4.78 is 43.1. The van der Waals surface area contributed by atoms with Crippen LogP contribution in [0.2, 0.25) is 0 Å². The van der Waals surface area contributed by atoms with Crippen molar-refractivity contribution in [2.24, 2.45) is 0 Å². The lowest BCUT2D eigenvalue weighted by Crippen LogP contribution is -2.12. The van der Waals surface area contributed by atoms with Gasteiger partial charge in [-0.15, -0.1) is 5.10 Å². The predicted octanol–water partition coefficient (Wildman–Crippen LogP) is 5.50. The van der Waals surface area contributed by atoms with E-state index in [9.17, 15) is 18.3 Å². The Kier molecular flexibility index (Phi) is 4.37. The van der Waals surface area contributed by atoms with Crippen molar-refractivity contribution in [1.29, 1.82) is 0 Å². The van der Waals surface area contributed by atoms with Gasteiger partial charge < -0.3 is 9.67 Å². The molecular formula is C21H19F3N4O. The molecule has 0 radical (unpaired) electrons. The van der Waals surface area contributed by atoms with E-state index < -0.39 is 11.7 Å². The Morgan fingerprint density at radius 3 is 2.48 bits per heavy atom. The molecule has 0 fully saturated rings. The average molecular weight is 400 g/mol. The van der Waals surface area contributed by atoms with Gasteiger partial charge in [0.1, 0.15) is 5.69 Å². The second kappa shape index (κ2) is 6.65. The van der Waals surface area contributed by atoms with Crippen molar-refractivity contribution >= 4 is 10.8 Å². The van der Waals surface area contributed by atoms with Gasteiger partial charge in [-0.25, -0.2) is 4.68 Å². The Hall–Kier alpha value is -3.29. The molecular weight excluding hydrogens is 381 g/mol. The molecule has 0 saturated carbocycles. The largest absolute Gasteiger partial charge is 0.494 e. The Labute approximate surface area is 165 Å². The first-order valence-electron chi connectivity index (χ1n) is 9.11. The van der Waals surface area contributed by atoms with Crippen molar-refractivity contribution in [3.63, 3.8) is 0 Å². The zero-order valence-corrected chi connectivity index (χ0v) is 16.1. The number of aromatic nitrogens is 4. The third-order valence-corrected chi connectivity index (χ3v) is 4.98. The molecule has 0 aliphatic carbocycles. The summed E-state index contributed by atoms with van der Waals surface area (Å²) in [5, 5.41) is 20.0. The number of aromatic hydroxyl groups is 1. The van der Waals surface area contributed by atoms with Gasteiger partial charge in [0.05, 0.1) is 16.9 Å². The molecule has 150 valence electrons. The van der Waals surface area contributed by atoms with Crippen LogP contribution in [0.25, 0.3) is 27.7 Å². The van der Waals surface area contributed by atoms with Crippen molar-refractivity contribution in [2.45, 2.75) is 33.0 Å². The topological polar surface area (TPSA) is 55.9 Å². The third kappa shape index (κ3) is 3.14. The molecule has 0 saturated heterocycles. The number of rotatable bonds is 3. The van der Waals surface area contributed by atoms with Gasteiger partial charge in [0.2, 0.25) is 0 Å². The highest BCUT2D eigenvalue weighted by Gasteiger charge is 2.34.